The van der Waals surface area contributed by atoms with Gasteiger partial charge >= 0.3 is 0 Å². The van der Waals surface area contributed by atoms with Gasteiger partial charge in [-0.05, 0) is 38.5 Å². The van der Waals surface area contributed by atoms with Crippen molar-refractivity contribution in [3.8, 4) is 0 Å². The molecule has 2 saturated heterocycles. The van der Waals surface area contributed by atoms with Gasteiger partial charge in [-0.3, -0.25) is 4.79 Å². The average molecular weight is 347 g/mol. The zero-order valence-electron chi connectivity index (χ0n) is 16.2. The molecule has 0 aromatic carbocycles. The SMILES string of the molecule is CCCC1CCN(C(=O)C2CCN(C3=CN(C)CC(C)=N3)CC2)CC1. The van der Waals surface area contributed by atoms with Crippen molar-refractivity contribution in [2.24, 2.45) is 16.8 Å². The van der Waals surface area contributed by atoms with Crippen LogP contribution in [0.4, 0.5) is 0 Å². The summed E-state index contributed by atoms with van der Waals surface area (Å²) in [6.45, 7) is 9.09. The number of carbonyl (C=O) groups excluding carboxylic acids is 1. The summed E-state index contributed by atoms with van der Waals surface area (Å²) in [4.78, 5) is 24.2. The Morgan fingerprint density at radius 1 is 1.16 bits per heavy atom. The molecule has 0 radical (unpaired) electrons. The minimum absolute atomic E-state index is 0.214. The number of nitrogens with zero attached hydrogens (tertiary/aromatic N) is 4. The molecule has 0 N–H and O–H groups in total. The molecule has 2 fully saturated rings. The van der Waals surface area contributed by atoms with Crippen molar-refractivity contribution in [3.63, 3.8) is 0 Å². The molecule has 0 spiro atoms. The first kappa shape index (κ1) is 18.3. The van der Waals surface area contributed by atoms with E-state index in [-0.39, 0.29) is 5.92 Å². The van der Waals surface area contributed by atoms with Gasteiger partial charge in [0, 0.05) is 51.1 Å². The molecule has 0 atom stereocenters. The molecule has 5 heteroatoms. The van der Waals surface area contributed by atoms with Crippen LogP contribution in [0.3, 0.4) is 0 Å². The van der Waals surface area contributed by atoms with Crippen molar-refractivity contribution in [3.05, 3.63) is 12.0 Å². The van der Waals surface area contributed by atoms with Gasteiger partial charge in [0.25, 0.3) is 0 Å². The van der Waals surface area contributed by atoms with Gasteiger partial charge in [0.2, 0.25) is 5.91 Å². The van der Waals surface area contributed by atoms with Crippen LogP contribution in [0.2, 0.25) is 0 Å². The van der Waals surface area contributed by atoms with Gasteiger partial charge in [-0.1, -0.05) is 19.8 Å². The van der Waals surface area contributed by atoms with E-state index in [1.807, 2.05) is 0 Å². The molecule has 3 rings (SSSR count). The molecule has 0 aliphatic carbocycles. The van der Waals surface area contributed by atoms with Crippen molar-refractivity contribution < 1.29 is 4.79 Å². The summed E-state index contributed by atoms with van der Waals surface area (Å²) in [5.74, 6) is 2.53. The van der Waals surface area contributed by atoms with E-state index in [0.717, 1.165) is 63.0 Å². The minimum atomic E-state index is 0.214. The van der Waals surface area contributed by atoms with Gasteiger partial charge in [-0.25, -0.2) is 4.99 Å². The van der Waals surface area contributed by atoms with Crippen LogP contribution in [-0.4, -0.2) is 66.1 Å². The third-order valence-corrected chi connectivity index (χ3v) is 5.91. The molecular weight excluding hydrogens is 312 g/mol. The van der Waals surface area contributed by atoms with Gasteiger partial charge in [-0.2, -0.15) is 0 Å². The lowest BCUT2D eigenvalue weighted by atomic mass is 9.90. The van der Waals surface area contributed by atoms with Gasteiger partial charge in [0.15, 0.2) is 0 Å². The van der Waals surface area contributed by atoms with Crippen LogP contribution in [-0.2, 0) is 4.79 Å². The summed E-state index contributed by atoms with van der Waals surface area (Å²) in [5.41, 5.74) is 1.16. The van der Waals surface area contributed by atoms with Crippen LogP contribution in [0, 0.1) is 11.8 Å². The molecule has 140 valence electrons. The molecule has 25 heavy (non-hydrogen) atoms. The second-order valence-electron chi connectivity index (χ2n) is 8.07. The Labute approximate surface area is 152 Å². The first-order valence-corrected chi connectivity index (χ1v) is 10.1. The standard InChI is InChI=1S/C20H34N4O/c1-4-5-17-6-10-24(11-7-17)20(25)18-8-12-23(13-9-18)19-15-22(3)14-16(2)21-19/h15,17-18H,4-14H2,1-3H3. The van der Waals surface area contributed by atoms with Gasteiger partial charge in [-0.15, -0.1) is 0 Å². The van der Waals surface area contributed by atoms with E-state index in [1.54, 1.807) is 0 Å². The lowest BCUT2D eigenvalue weighted by Gasteiger charge is -2.38. The van der Waals surface area contributed by atoms with Crippen LogP contribution >= 0.6 is 0 Å². The minimum Gasteiger partial charge on any atom is -0.372 e. The third kappa shape index (κ3) is 4.56. The third-order valence-electron chi connectivity index (χ3n) is 5.91. The van der Waals surface area contributed by atoms with E-state index in [0.29, 0.717) is 5.91 Å². The molecule has 3 heterocycles. The Morgan fingerprint density at radius 3 is 2.44 bits per heavy atom. The molecule has 0 unspecified atom stereocenters. The van der Waals surface area contributed by atoms with Crippen LogP contribution in [0.1, 0.15) is 52.4 Å². The van der Waals surface area contributed by atoms with Crippen molar-refractivity contribution in [2.75, 3.05) is 39.8 Å². The summed E-state index contributed by atoms with van der Waals surface area (Å²) >= 11 is 0. The van der Waals surface area contributed by atoms with Crippen molar-refractivity contribution >= 4 is 11.6 Å². The number of hydrogen-bond acceptors (Lipinski definition) is 4. The van der Waals surface area contributed by atoms with Gasteiger partial charge in [0.05, 0.1) is 6.54 Å². The van der Waals surface area contributed by atoms with Crippen LogP contribution in [0.25, 0.3) is 0 Å². The smallest absolute Gasteiger partial charge is 0.225 e. The molecule has 0 aromatic rings. The Balaban J connectivity index is 1.48. The number of carbonyl (C=O) groups is 1. The highest BCUT2D eigenvalue weighted by Gasteiger charge is 2.31. The van der Waals surface area contributed by atoms with E-state index in [1.165, 1.54) is 25.7 Å². The summed E-state index contributed by atoms with van der Waals surface area (Å²) in [5, 5.41) is 0. The quantitative estimate of drug-likeness (QED) is 0.786. The summed E-state index contributed by atoms with van der Waals surface area (Å²) in [6.07, 6.45) is 9.05. The maximum Gasteiger partial charge on any atom is 0.225 e. The zero-order valence-corrected chi connectivity index (χ0v) is 16.2. The number of rotatable bonds is 4. The highest BCUT2D eigenvalue weighted by Crippen LogP contribution is 2.27. The predicted octanol–water partition coefficient (Wildman–Crippen LogP) is 2.94. The Kier molecular flexibility index (Phi) is 6.02. The second kappa shape index (κ2) is 8.24. The highest BCUT2D eigenvalue weighted by atomic mass is 16.2. The average Bonchev–Trinajstić information content (AvgIpc) is 2.61. The maximum atomic E-state index is 12.9. The van der Waals surface area contributed by atoms with E-state index in [4.69, 9.17) is 4.99 Å². The molecule has 0 bridgehead atoms. The number of hydrogen-bond donors (Lipinski definition) is 0. The fourth-order valence-electron chi connectivity index (χ4n) is 4.48. The Morgan fingerprint density at radius 2 is 1.84 bits per heavy atom. The normalized spacial score (nSPS) is 23.6. The number of aliphatic imine (C=N–C) groups is 1. The summed E-state index contributed by atoms with van der Waals surface area (Å²) in [7, 11) is 2.09. The van der Waals surface area contributed by atoms with E-state index < -0.39 is 0 Å². The molecule has 0 aromatic heterocycles. The van der Waals surface area contributed by atoms with E-state index in [2.05, 4.69) is 41.8 Å². The van der Waals surface area contributed by atoms with E-state index in [9.17, 15) is 4.79 Å². The molecule has 3 aliphatic heterocycles. The number of piperidine rings is 2. The maximum absolute atomic E-state index is 12.9. The lowest BCUT2D eigenvalue weighted by Crippen LogP contribution is -2.45. The van der Waals surface area contributed by atoms with Crippen LogP contribution in [0.5, 0.6) is 0 Å². The van der Waals surface area contributed by atoms with Crippen LogP contribution in [0.15, 0.2) is 17.0 Å². The number of amides is 1. The fraction of sp³-hybridized carbons (Fsp3) is 0.800. The zero-order chi connectivity index (χ0) is 17.8. The van der Waals surface area contributed by atoms with Crippen molar-refractivity contribution in [1.29, 1.82) is 0 Å². The van der Waals surface area contributed by atoms with Gasteiger partial charge < -0.3 is 14.7 Å². The van der Waals surface area contributed by atoms with Crippen LogP contribution < -0.4 is 0 Å². The number of likely N-dealkylation sites (tertiary alicyclic amines) is 2. The lowest BCUT2D eigenvalue weighted by molar-refractivity contribution is -0.138. The van der Waals surface area contributed by atoms with E-state index >= 15 is 0 Å². The highest BCUT2D eigenvalue weighted by molar-refractivity contribution is 5.85. The topological polar surface area (TPSA) is 39.2 Å². The monoisotopic (exact) mass is 346 g/mol. The summed E-state index contributed by atoms with van der Waals surface area (Å²) in [6, 6.07) is 0. The molecule has 5 nitrogen and oxygen atoms in total. The molecule has 0 saturated carbocycles. The molecule has 1 amide bonds. The Hall–Kier alpha value is -1.52. The second-order valence-corrected chi connectivity index (χ2v) is 8.07. The summed E-state index contributed by atoms with van der Waals surface area (Å²) < 4.78 is 0. The van der Waals surface area contributed by atoms with Crippen molar-refractivity contribution in [1.82, 2.24) is 14.7 Å². The first-order chi connectivity index (χ1) is 12.1. The molecule has 3 aliphatic rings. The predicted molar refractivity (Wildman–Crippen MR) is 102 cm³/mol. The van der Waals surface area contributed by atoms with Crippen molar-refractivity contribution in [2.45, 2.75) is 52.4 Å². The Bertz CT molecular complexity index is 526. The van der Waals surface area contributed by atoms with Gasteiger partial charge in [0.1, 0.15) is 5.82 Å². The first-order valence-electron chi connectivity index (χ1n) is 10.1. The fourth-order valence-corrected chi connectivity index (χ4v) is 4.48. The molecular formula is C20H34N4O. The largest absolute Gasteiger partial charge is 0.372 e.